The van der Waals surface area contributed by atoms with Crippen LogP contribution in [0.2, 0.25) is 0 Å². The van der Waals surface area contributed by atoms with E-state index in [0.717, 1.165) is 5.70 Å². The van der Waals surface area contributed by atoms with E-state index < -0.39 is 0 Å². The number of rotatable bonds is 0. The maximum atomic E-state index is 8.18. The van der Waals surface area contributed by atoms with Crippen LogP contribution in [0.4, 0.5) is 0 Å². The van der Waals surface area contributed by atoms with Crippen molar-refractivity contribution >= 4 is 0 Å². The molecule has 0 aromatic rings. The van der Waals surface area contributed by atoms with Crippen molar-refractivity contribution in [2.45, 2.75) is 13.0 Å². The van der Waals surface area contributed by atoms with Crippen molar-refractivity contribution < 1.29 is 0 Å². The smallest absolute Gasteiger partial charge is 0.143 e. The van der Waals surface area contributed by atoms with Gasteiger partial charge in [-0.15, -0.1) is 0 Å². The van der Waals surface area contributed by atoms with E-state index in [1.807, 2.05) is 4.90 Å². The Morgan fingerprint density at radius 1 is 1.86 bits per heavy atom. The average Bonchev–Trinajstić information content (AvgIpc) is 2.47. The van der Waals surface area contributed by atoms with Crippen molar-refractivity contribution in [3.05, 3.63) is 11.4 Å². The molecule has 0 amide bonds. The first kappa shape index (κ1) is 3.09. The van der Waals surface area contributed by atoms with Gasteiger partial charge in [0.1, 0.15) is 11.8 Å². The highest BCUT2D eigenvalue weighted by Crippen LogP contribution is 2.53. The Hall–Kier alpha value is -0.970. The van der Waals surface area contributed by atoms with Crippen molar-refractivity contribution in [2.24, 2.45) is 0 Å². The van der Waals surface area contributed by atoms with E-state index in [4.69, 9.17) is 5.26 Å². The second kappa shape index (κ2) is 0.564. The first-order valence-electron chi connectivity index (χ1n) is 2.30. The number of nitriles is 1. The molecule has 0 spiro atoms. The van der Waals surface area contributed by atoms with Crippen LogP contribution in [0.5, 0.6) is 0 Å². The zero-order valence-corrected chi connectivity index (χ0v) is 3.97. The highest BCUT2D eigenvalue weighted by molar-refractivity contribution is 5.59. The molecule has 1 fully saturated rings. The Balaban J connectivity index is 2.29. The summed E-state index contributed by atoms with van der Waals surface area (Å²) < 4.78 is 0. The molecule has 7 heavy (non-hydrogen) atoms. The SMILES string of the molecule is CC1C2=C(C#N)N21. The minimum atomic E-state index is 0.620. The summed E-state index contributed by atoms with van der Waals surface area (Å²) in [4.78, 5) is 2.03. The molecule has 1 unspecified atom stereocenters. The van der Waals surface area contributed by atoms with Crippen molar-refractivity contribution in [3.63, 3.8) is 0 Å². The summed E-state index contributed by atoms with van der Waals surface area (Å²) in [7, 11) is 0. The Morgan fingerprint density at radius 2 is 2.43 bits per heavy atom. The molecule has 0 aliphatic carbocycles. The number of hydrogen-bond donors (Lipinski definition) is 0. The summed E-state index contributed by atoms with van der Waals surface area (Å²) in [6.45, 7) is 2.09. The summed E-state index contributed by atoms with van der Waals surface area (Å²) in [5.41, 5.74) is 2.18. The molecule has 1 atom stereocenters. The van der Waals surface area contributed by atoms with Gasteiger partial charge in [-0.3, -0.25) is 0 Å². The highest BCUT2D eigenvalue weighted by Gasteiger charge is 2.56. The Morgan fingerprint density at radius 3 is 2.57 bits per heavy atom. The number of hydrogen-bond acceptors (Lipinski definition) is 2. The predicted molar refractivity (Wildman–Crippen MR) is 23.9 cm³/mol. The van der Waals surface area contributed by atoms with Crippen molar-refractivity contribution in [1.82, 2.24) is 4.90 Å². The third-order valence-corrected chi connectivity index (χ3v) is 1.51. The molecule has 0 N–H and O–H groups in total. The van der Waals surface area contributed by atoms with Crippen LogP contribution in [0, 0.1) is 11.3 Å². The van der Waals surface area contributed by atoms with Gasteiger partial charge in [0.2, 0.25) is 0 Å². The Bertz CT molecular complexity index is 197. The number of fused-ring (bicyclic) bond motifs is 1. The van der Waals surface area contributed by atoms with E-state index in [9.17, 15) is 0 Å². The first-order chi connectivity index (χ1) is 3.36. The van der Waals surface area contributed by atoms with Gasteiger partial charge in [0.25, 0.3) is 0 Å². The zero-order chi connectivity index (χ0) is 5.02. The largest absolute Gasteiger partial charge is 0.322 e. The first-order valence-corrected chi connectivity index (χ1v) is 2.30. The molecule has 2 rings (SSSR count). The van der Waals surface area contributed by atoms with E-state index in [-0.39, 0.29) is 0 Å². The van der Waals surface area contributed by atoms with Crippen LogP contribution in [0.15, 0.2) is 11.4 Å². The average molecular weight is 92.1 g/mol. The lowest BCUT2D eigenvalue weighted by molar-refractivity contribution is 0.731. The lowest BCUT2D eigenvalue weighted by Gasteiger charge is -1.84. The molecule has 2 aliphatic rings. The lowest BCUT2D eigenvalue weighted by Crippen LogP contribution is -1.91. The maximum absolute atomic E-state index is 8.18. The standard InChI is InChI=1S/C5H4N2/c1-3-5-4(2-6)7(3)5/h3H,1H3. The van der Waals surface area contributed by atoms with Gasteiger partial charge in [-0.2, -0.15) is 5.26 Å². The predicted octanol–water partition coefficient (Wildman–Crippen LogP) is 0.439. The van der Waals surface area contributed by atoms with E-state index in [1.54, 1.807) is 0 Å². The van der Waals surface area contributed by atoms with Crippen LogP contribution in [-0.4, -0.2) is 10.9 Å². The molecule has 0 saturated carbocycles. The summed E-state index contributed by atoms with van der Waals surface area (Å²) in [5, 5.41) is 8.18. The third-order valence-electron chi connectivity index (χ3n) is 1.51. The summed E-state index contributed by atoms with van der Waals surface area (Å²) in [6, 6.07) is 2.69. The molecule has 1 saturated heterocycles. The van der Waals surface area contributed by atoms with Gasteiger partial charge in [-0.25, -0.2) is 0 Å². The summed E-state index contributed by atoms with van der Waals surface area (Å²) in [6.07, 6.45) is 0. The zero-order valence-electron chi connectivity index (χ0n) is 3.97. The molecule has 0 bridgehead atoms. The van der Waals surface area contributed by atoms with Crippen LogP contribution in [0.25, 0.3) is 0 Å². The van der Waals surface area contributed by atoms with Crippen LogP contribution < -0.4 is 0 Å². The number of nitrogens with zero attached hydrogens (tertiary/aromatic N) is 2. The second-order valence-electron chi connectivity index (χ2n) is 1.89. The van der Waals surface area contributed by atoms with E-state index in [0.29, 0.717) is 6.04 Å². The molecule has 2 nitrogen and oxygen atoms in total. The fourth-order valence-corrected chi connectivity index (χ4v) is 0.924. The van der Waals surface area contributed by atoms with E-state index >= 15 is 0 Å². The van der Waals surface area contributed by atoms with E-state index in [2.05, 4.69) is 13.0 Å². The molecule has 2 heteroatoms. The number of allylic oxidation sites excluding steroid dienone is 1. The van der Waals surface area contributed by atoms with Gasteiger partial charge in [0.15, 0.2) is 0 Å². The van der Waals surface area contributed by atoms with Crippen LogP contribution >= 0.6 is 0 Å². The summed E-state index contributed by atoms with van der Waals surface area (Å²) in [5.74, 6) is 0. The lowest BCUT2D eigenvalue weighted by atomic mass is 10.4. The van der Waals surface area contributed by atoms with Gasteiger partial charge >= 0.3 is 0 Å². The molecular weight excluding hydrogens is 88.1 g/mol. The third kappa shape index (κ3) is 0.159. The summed E-state index contributed by atoms with van der Waals surface area (Å²) >= 11 is 0. The van der Waals surface area contributed by atoms with Crippen molar-refractivity contribution in [1.29, 1.82) is 5.26 Å². The van der Waals surface area contributed by atoms with Crippen LogP contribution in [-0.2, 0) is 0 Å². The molecule has 0 aromatic heterocycles. The monoisotopic (exact) mass is 92.0 g/mol. The quantitative estimate of drug-likeness (QED) is 0.405. The molecule has 0 radical (unpaired) electrons. The maximum Gasteiger partial charge on any atom is 0.143 e. The minimum Gasteiger partial charge on any atom is -0.322 e. The van der Waals surface area contributed by atoms with Gasteiger partial charge in [0.05, 0.1) is 11.7 Å². The second-order valence-corrected chi connectivity index (χ2v) is 1.89. The molecule has 2 aliphatic heterocycles. The minimum absolute atomic E-state index is 0.620. The van der Waals surface area contributed by atoms with Crippen molar-refractivity contribution in [3.8, 4) is 6.07 Å². The van der Waals surface area contributed by atoms with Gasteiger partial charge in [-0.1, -0.05) is 0 Å². The normalized spacial score (nSPS) is 32.0. The van der Waals surface area contributed by atoms with Gasteiger partial charge in [-0.05, 0) is 6.92 Å². The van der Waals surface area contributed by atoms with Crippen LogP contribution in [0.3, 0.4) is 0 Å². The van der Waals surface area contributed by atoms with E-state index in [1.165, 1.54) is 5.70 Å². The molecule has 0 aromatic carbocycles. The highest BCUT2D eigenvalue weighted by atomic mass is 15.5. The van der Waals surface area contributed by atoms with Crippen LogP contribution in [0.1, 0.15) is 6.92 Å². The molecular formula is C5H4N2. The molecule has 2 heterocycles. The Kier molecular flexibility index (Phi) is 0.249. The van der Waals surface area contributed by atoms with Gasteiger partial charge in [0, 0.05) is 0 Å². The molecule has 34 valence electrons. The Labute approximate surface area is 41.7 Å². The van der Waals surface area contributed by atoms with Gasteiger partial charge < -0.3 is 4.90 Å². The van der Waals surface area contributed by atoms with Crippen molar-refractivity contribution in [2.75, 3.05) is 0 Å². The topological polar surface area (TPSA) is 26.8 Å². The fraction of sp³-hybridized carbons (Fsp3) is 0.400. The fourth-order valence-electron chi connectivity index (χ4n) is 0.924.